The topological polar surface area (TPSA) is 71.8 Å². The van der Waals surface area contributed by atoms with Crippen LogP contribution in [-0.4, -0.2) is 29.6 Å². The Bertz CT molecular complexity index is 1050. The van der Waals surface area contributed by atoms with Gasteiger partial charge in [-0.25, -0.2) is 0 Å². The summed E-state index contributed by atoms with van der Waals surface area (Å²) in [6, 6.07) is 16.7. The van der Waals surface area contributed by atoms with Crippen molar-refractivity contribution < 1.29 is 18.7 Å². The van der Waals surface area contributed by atoms with E-state index in [4.69, 9.17) is 9.15 Å². The van der Waals surface area contributed by atoms with Gasteiger partial charge >= 0.3 is 0 Å². The van der Waals surface area contributed by atoms with Crippen LogP contribution >= 0.6 is 11.8 Å². The molecule has 1 fully saturated rings. The molecule has 2 amide bonds. The van der Waals surface area contributed by atoms with Crippen LogP contribution in [0.25, 0.3) is 0 Å². The minimum Gasteiger partial charge on any atom is -0.495 e. The number of aryl methyl sites for hydroxylation is 1. The van der Waals surface area contributed by atoms with Gasteiger partial charge in [0.05, 0.1) is 31.4 Å². The average molecular weight is 423 g/mol. The summed E-state index contributed by atoms with van der Waals surface area (Å²) < 4.78 is 10.7. The summed E-state index contributed by atoms with van der Waals surface area (Å²) in [6.45, 7) is 2.39. The molecule has 1 aromatic heterocycles. The first kappa shape index (κ1) is 20.1. The molecule has 0 aliphatic carbocycles. The molecule has 1 atom stereocenters. The Balaban J connectivity index is 1.49. The molecule has 7 heteroatoms. The van der Waals surface area contributed by atoms with E-state index in [-0.39, 0.29) is 17.2 Å². The highest BCUT2D eigenvalue weighted by atomic mass is 32.2. The van der Waals surface area contributed by atoms with Crippen molar-refractivity contribution in [3.05, 3.63) is 83.3 Å². The third kappa shape index (κ3) is 4.21. The van der Waals surface area contributed by atoms with Crippen LogP contribution in [0.5, 0.6) is 5.75 Å². The normalized spacial score (nSPS) is 16.0. The van der Waals surface area contributed by atoms with Gasteiger partial charge in [0.2, 0.25) is 5.91 Å². The van der Waals surface area contributed by atoms with Gasteiger partial charge in [0.1, 0.15) is 16.9 Å². The predicted molar refractivity (Wildman–Crippen MR) is 117 cm³/mol. The molecule has 6 nitrogen and oxygen atoms in total. The maximum absolute atomic E-state index is 12.7. The molecule has 1 saturated heterocycles. The Morgan fingerprint density at radius 2 is 2.03 bits per heavy atom. The lowest BCUT2D eigenvalue weighted by Gasteiger charge is -2.23. The standard InChI is InChI=1S/C23H22N2O4S/c1-15-5-10-20(28-2)19(12-15)24-22(27)16-6-8-17(9-7-16)23-25(21(26)14-30-23)13-18-4-3-11-29-18/h3-12,23H,13-14H2,1-2H3,(H,24,27)/t23-/m1/s1. The van der Waals surface area contributed by atoms with Crippen LogP contribution in [0.1, 0.15) is 32.6 Å². The number of hydrogen-bond acceptors (Lipinski definition) is 5. The number of carbonyl (C=O) groups excluding carboxylic acids is 2. The molecule has 0 unspecified atom stereocenters. The average Bonchev–Trinajstić information content (AvgIpc) is 3.39. The molecule has 3 aromatic rings. The zero-order valence-electron chi connectivity index (χ0n) is 16.8. The van der Waals surface area contributed by atoms with Crippen LogP contribution in [0.2, 0.25) is 0 Å². The van der Waals surface area contributed by atoms with Gasteiger partial charge in [-0.3, -0.25) is 9.59 Å². The van der Waals surface area contributed by atoms with Crippen LogP contribution in [0.15, 0.2) is 65.3 Å². The smallest absolute Gasteiger partial charge is 0.255 e. The quantitative estimate of drug-likeness (QED) is 0.627. The first-order valence-corrected chi connectivity index (χ1v) is 10.6. The van der Waals surface area contributed by atoms with Crippen LogP contribution < -0.4 is 10.1 Å². The fourth-order valence-corrected chi connectivity index (χ4v) is 4.57. The van der Waals surface area contributed by atoms with Crippen LogP contribution in [-0.2, 0) is 11.3 Å². The summed E-state index contributed by atoms with van der Waals surface area (Å²) >= 11 is 1.57. The van der Waals surface area contributed by atoms with Gasteiger partial charge in [0.15, 0.2) is 0 Å². The minimum atomic E-state index is -0.215. The number of methoxy groups -OCH3 is 1. The van der Waals surface area contributed by atoms with E-state index in [0.717, 1.165) is 16.9 Å². The molecule has 2 aromatic carbocycles. The van der Waals surface area contributed by atoms with Crippen molar-refractivity contribution in [2.24, 2.45) is 0 Å². The van der Waals surface area contributed by atoms with Crippen LogP contribution in [0.3, 0.4) is 0 Å². The van der Waals surface area contributed by atoms with E-state index >= 15 is 0 Å². The molecule has 4 rings (SSSR count). The molecule has 1 aliphatic rings. The Morgan fingerprint density at radius 3 is 2.73 bits per heavy atom. The fourth-order valence-electron chi connectivity index (χ4n) is 3.38. The van der Waals surface area contributed by atoms with Gasteiger partial charge in [-0.15, -0.1) is 11.8 Å². The zero-order valence-corrected chi connectivity index (χ0v) is 17.6. The summed E-state index contributed by atoms with van der Waals surface area (Å²) in [5.41, 5.74) is 3.17. The molecule has 1 N–H and O–H groups in total. The lowest BCUT2D eigenvalue weighted by atomic mass is 10.1. The third-order valence-corrected chi connectivity index (χ3v) is 6.19. The lowest BCUT2D eigenvalue weighted by Crippen LogP contribution is -2.27. The highest BCUT2D eigenvalue weighted by Crippen LogP contribution is 2.39. The van der Waals surface area contributed by atoms with Gasteiger partial charge in [-0.1, -0.05) is 18.2 Å². The number of nitrogens with zero attached hydrogens (tertiary/aromatic N) is 1. The molecule has 30 heavy (non-hydrogen) atoms. The number of anilines is 1. The van der Waals surface area contributed by atoms with Crippen LogP contribution in [0.4, 0.5) is 5.69 Å². The monoisotopic (exact) mass is 422 g/mol. The number of nitrogens with one attached hydrogen (secondary N) is 1. The molecule has 0 spiro atoms. The van der Waals surface area contributed by atoms with Gasteiger partial charge in [-0.05, 0) is 54.4 Å². The summed E-state index contributed by atoms with van der Waals surface area (Å²) in [6.07, 6.45) is 1.61. The number of ether oxygens (including phenoxy) is 1. The van der Waals surface area contributed by atoms with E-state index in [1.54, 1.807) is 42.2 Å². The van der Waals surface area contributed by atoms with E-state index in [2.05, 4.69) is 5.32 Å². The van der Waals surface area contributed by atoms with Crippen molar-refractivity contribution >= 4 is 29.3 Å². The number of carbonyl (C=O) groups is 2. The van der Waals surface area contributed by atoms with Gasteiger partial charge in [0.25, 0.3) is 5.91 Å². The van der Waals surface area contributed by atoms with Gasteiger partial charge < -0.3 is 19.4 Å². The predicted octanol–water partition coefficient (Wildman–Crippen LogP) is 4.62. The molecule has 0 saturated carbocycles. The molecular formula is C23H22N2O4S. The summed E-state index contributed by atoms with van der Waals surface area (Å²) in [7, 11) is 1.57. The maximum atomic E-state index is 12.7. The van der Waals surface area contributed by atoms with Crippen molar-refractivity contribution in [1.82, 2.24) is 4.90 Å². The number of furan rings is 1. The first-order valence-electron chi connectivity index (χ1n) is 9.54. The highest BCUT2D eigenvalue weighted by molar-refractivity contribution is 8.00. The molecule has 0 bridgehead atoms. The number of hydrogen-bond donors (Lipinski definition) is 1. The first-order chi connectivity index (χ1) is 14.5. The van der Waals surface area contributed by atoms with Gasteiger partial charge in [0, 0.05) is 5.56 Å². The Labute approximate surface area is 179 Å². The number of benzene rings is 2. The lowest BCUT2D eigenvalue weighted by molar-refractivity contribution is -0.128. The summed E-state index contributed by atoms with van der Waals surface area (Å²) in [5.74, 6) is 1.66. The van der Waals surface area contributed by atoms with Crippen molar-refractivity contribution in [3.63, 3.8) is 0 Å². The molecule has 154 valence electrons. The number of amides is 2. The molecule has 1 aliphatic heterocycles. The molecular weight excluding hydrogens is 400 g/mol. The maximum Gasteiger partial charge on any atom is 0.255 e. The van der Waals surface area contributed by atoms with Crippen molar-refractivity contribution in [2.45, 2.75) is 18.8 Å². The molecule has 2 heterocycles. The Kier molecular flexibility index (Phi) is 5.81. The number of thioether (sulfide) groups is 1. The van der Waals surface area contributed by atoms with Crippen LogP contribution in [0, 0.1) is 6.92 Å². The Hall–Kier alpha value is -3.19. The summed E-state index contributed by atoms with van der Waals surface area (Å²) in [5, 5.41) is 2.81. The molecule has 0 radical (unpaired) electrons. The van der Waals surface area contributed by atoms with E-state index in [9.17, 15) is 9.59 Å². The second-order valence-corrected chi connectivity index (χ2v) is 8.11. The third-order valence-electron chi connectivity index (χ3n) is 4.94. The van der Waals surface area contributed by atoms with E-state index < -0.39 is 0 Å². The van der Waals surface area contributed by atoms with E-state index in [1.165, 1.54) is 0 Å². The Morgan fingerprint density at radius 1 is 1.23 bits per heavy atom. The van der Waals surface area contributed by atoms with Gasteiger partial charge in [-0.2, -0.15) is 0 Å². The second-order valence-electron chi connectivity index (χ2n) is 7.04. The number of rotatable bonds is 6. The van der Waals surface area contributed by atoms with Crippen molar-refractivity contribution in [2.75, 3.05) is 18.2 Å². The second kappa shape index (κ2) is 8.67. The zero-order chi connectivity index (χ0) is 21.1. The van der Waals surface area contributed by atoms with E-state index in [0.29, 0.717) is 29.3 Å². The van der Waals surface area contributed by atoms with Crippen molar-refractivity contribution in [3.8, 4) is 5.75 Å². The largest absolute Gasteiger partial charge is 0.495 e. The summed E-state index contributed by atoms with van der Waals surface area (Å²) in [4.78, 5) is 26.8. The van der Waals surface area contributed by atoms with E-state index in [1.807, 2.05) is 49.4 Å². The highest BCUT2D eigenvalue weighted by Gasteiger charge is 2.33. The SMILES string of the molecule is COc1ccc(C)cc1NC(=O)c1ccc([C@H]2SCC(=O)N2Cc2ccco2)cc1. The minimum absolute atomic E-state index is 0.0785. The fraction of sp³-hybridized carbons (Fsp3) is 0.217. The van der Waals surface area contributed by atoms with Crippen molar-refractivity contribution in [1.29, 1.82) is 0 Å².